The molecule has 0 fully saturated rings. The lowest BCUT2D eigenvalue weighted by Gasteiger charge is -2.11. The number of benzene rings is 1. The second-order valence-corrected chi connectivity index (χ2v) is 5.96. The number of rotatable bonds is 4. The fourth-order valence-corrected chi connectivity index (χ4v) is 3.10. The molecule has 1 heterocycles. The van der Waals surface area contributed by atoms with Gasteiger partial charge in [0.15, 0.2) is 6.10 Å². The van der Waals surface area contributed by atoms with Crippen LogP contribution in [0.1, 0.15) is 11.7 Å². The lowest BCUT2D eigenvalue weighted by atomic mass is 10.1. The lowest BCUT2D eigenvalue weighted by molar-refractivity contribution is -0.123. The van der Waals surface area contributed by atoms with Gasteiger partial charge in [-0.2, -0.15) is 0 Å². The van der Waals surface area contributed by atoms with Crippen molar-refractivity contribution < 1.29 is 9.90 Å². The van der Waals surface area contributed by atoms with Gasteiger partial charge in [-0.15, -0.1) is 11.8 Å². The molecule has 2 N–H and O–H groups in total. The molecule has 0 saturated heterocycles. The van der Waals surface area contributed by atoms with E-state index in [2.05, 4.69) is 10.2 Å². The summed E-state index contributed by atoms with van der Waals surface area (Å²) in [6.07, 6.45) is -1.10. The van der Waals surface area contributed by atoms with Crippen LogP contribution in [-0.4, -0.2) is 42.3 Å². The number of halogens is 1. The molecule has 1 unspecified atom stereocenters. The van der Waals surface area contributed by atoms with Crippen LogP contribution in [0.5, 0.6) is 0 Å². The Morgan fingerprint density at radius 1 is 1.50 bits per heavy atom. The van der Waals surface area contributed by atoms with Crippen LogP contribution in [0.15, 0.2) is 17.0 Å². The summed E-state index contributed by atoms with van der Waals surface area (Å²) < 4.78 is 0. The van der Waals surface area contributed by atoms with E-state index in [-0.39, 0.29) is 0 Å². The summed E-state index contributed by atoms with van der Waals surface area (Å²) in [5, 5.41) is 12.8. The fourth-order valence-electron chi connectivity index (χ4n) is 1.69. The van der Waals surface area contributed by atoms with Gasteiger partial charge in [0.05, 0.1) is 5.02 Å². The van der Waals surface area contributed by atoms with Crippen LogP contribution in [0.3, 0.4) is 0 Å². The maximum absolute atomic E-state index is 11.3. The number of carbonyl (C=O) groups excluding carboxylic acids is 1. The Labute approximate surface area is 115 Å². The van der Waals surface area contributed by atoms with Crippen molar-refractivity contribution in [3.05, 3.63) is 22.7 Å². The van der Waals surface area contributed by atoms with E-state index in [1.165, 1.54) is 0 Å². The Kier molecular flexibility index (Phi) is 4.17. The van der Waals surface area contributed by atoms with E-state index in [0.29, 0.717) is 16.3 Å². The van der Waals surface area contributed by atoms with Gasteiger partial charge in [0.1, 0.15) is 0 Å². The first kappa shape index (κ1) is 13.7. The second-order valence-electron chi connectivity index (χ2n) is 4.41. The molecule has 0 aromatic heterocycles. The number of nitrogens with zero attached hydrogens (tertiary/aromatic N) is 1. The molecule has 1 amide bonds. The number of aliphatic hydroxyl groups is 1. The summed E-state index contributed by atoms with van der Waals surface area (Å²) in [7, 11) is 4.03. The van der Waals surface area contributed by atoms with Crippen LogP contribution in [0.4, 0.5) is 5.69 Å². The van der Waals surface area contributed by atoms with Gasteiger partial charge in [-0.25, -0.2) is 0 Å². The summed E-state index contributed by atoms with van der Waals surface area (Å²) >= 11 is 7.79. The predicted octanol–water partition coefficient (Wildman–Crippen LogP) is 1.98. The van der Waals surface area contributed by atoms with Crippen LogP contribution < -0.4 is 5.32 Å². The molecule has 2 rings (SSSR count). The quantitative estimate of drug-likeness (QED) is 0.831. The number of thioether (sulfide) groups is 1. The van der Waals surface area contributed by atoms with Crippen LogP contribution in [0, 0.1) is 0 Å². The summed E-state index contributed by atoms with van der Waals surface area (Å²) in [5.41, 5.74) is 1.21. The molecule has 0 bridgehead atoms. The van der Waals surface area contributed by atoms with Crippen LogP contribution in [0.25, 0.3) is 0 Å². The monoisotopic (exact) mass is 286 g/mol. The topological polar surface area (TPSA) is 52.6 Å². The van der Waals surface area contributed by atoms with E-state index >= 15 is 0 Å². The molecule has 1 aromatic carbocycles. The van der Waals surface area contributed by atoms with Gasteiger partial charge in [-0.05, 0) is 26.2 Å². The molecular formula is C12H15ClN2O2S. The average Bonchev–Trinajstić information content (AvgIpc) is 2.55. The Balaban J connectivity index is 2.14. The minimum absolute atomic E-state index is 0.392. The lowest BCUT2D eigenvalue weighted by Crippen LogP contribution is -2.14. The van der Waals surface area contributed by atoms with Gasteiger partial charge >= 0.3 is 0 Å². The molecule has 1 aliphatic heterocycles. The first-order valence-electron chi connectivity index (χ1n) is 5.59. The molecule has 0 spiro atoms. The smallest absolute Gasteiger partial charge is 0.257 e. The van der Waals surface area contributed by atoms with E-state index in [4.69, 9.17) is 11.6 Å². The molecule has 0 radical (unpaired) electrons. The zero-order valence-corrected chi connectivity index (χ0v) is 11.8. The van der Waals surface area contributed by atoms with Crippen molar-refractivity contribution in [1.29, 1.82) is 0 Å². The van der Waals surface area contributed by atoms with Crippen molar-refractivity contribution >= 4 is 35.0 Å². The molecule has 98 valence electrons. The maximum atomic E-state index is 11.3. The first-order chi connectivity index (χ1) is 8.49. The number of fused-ring (bicyclic) bond motifs is 1. The summed E-state index contributed by atoms with van der Waals surface area (Å²) in [5.74, 6) is 0.527. The Bertz CT molecular complexity index is 479. The Morgan fingerprint density at radius 2 is 2.22 bits per heavy atom. The number of carbonyl (C=O) groups is 1. The predicted molar refractivity (Wildman–Crippen MR) is 74.3 cm³/mol. The highest BCUT2D eigenvalue weighted by Gasteiger charge is 2.29. The SMILES string of the molecule is CN(C)CCSc1cc2c(cc1Cl)C(O)C(=O)N2. The molecule has 1 aliphatic rings. The summed E-state index contributed by atoms with van der Waals surface area (Å²) in [4.78, 5) is 14.4. The van der Waals surface area contributed by atoms with Gasteiger partial charge in [-0.3, -0.25) is 4.79 Å². The zero-order valence-electron chi connectivity index (χ0n) is 10.2. The van der Waals surface area contributed by atoms with E-state index in [1.54, 1.807) is 17.8 Å². The average molecular weight is 287 g/mol. The van der Waals surface area contributed by atoms with E-state index in [0.717, 1.165) is 17.2 Å². The number of aliphatic hydroxyl groups excluding tert-OH is 1. The number of hydrogen-bond acceptors (Lipinski definition) is 4. The molecule has 18 heavy (non-hydrogen) atoms. The van der Waals surface area contributed by atoms with E-state index < -0.39 is 12.0 Å². The number of amides is 1. The molecule has 6 heteroatoms. The summed E-state index contributed by atoms with van der Waals surface area (Å²) in [6.45, 7) is 0.951. The van der Waals surface area contributed by atoms with Gasteiger partial charge in [0.2, 0.25) is 0 Å². The zero-order chi connectivity index (χ0) is 13.3. The third-order valence-electron chi connectivity index (χ3n) is 2.70. The standard InChI is InChI=1S/C12H15ClN2O2S/c1-15(2)3-4-18-10-6-9-7(5-8(10)13)11(16)12(17)14-9/h5-6,11,16H,3-4H2,1-2H3,(H,14,17). The molecule has 0 saturated carbocycles. The highest BCUT2D eigenvalue weighted by Crippen LogP contribution is 2.38. The molecule has 4 nitrogen and oxygen atoms in total. The second kappa shape index (κ2) is 5.48. The van der Waals surface area contributed by atoms with Gasteiger partial charge < -0.3 is 15.3 Å². The highest BCUT2D eigenvalue weighted by atomic mass is 35.5. The van der Waals surface area contributed by atoms with Crippen molar-refractivity contribution in [1.82, 2.24) is 4.90 Å². The molecular weight excluding hydrogens is 272 g/mol. The Hall–Kier alpha value is -0.750. The summed E-state index contributed by atoms with van der Waals surface area (Å²) in [6, 6.07) is 3.49. The van der Waals surface area contributed by atoms with Crippen LogP contribution in [-0.2, 0) is 4.79 Å². The fraction of sp³-hybridized carbons (Fsp3) is 0.417. The van der Waals surface area contributed by atoms with Gasteiger partial charge in [0, 0.05) is 28.4 Å². The van der Waals surface area contributed by atoms with Gasteiger partial charge in [-0.1, -0.05) is 11.6 Å². The minimum atomic E-state index is -1.10. The van der Waals surface area contributed by atoms with Gasteiger partial charge in [0.25, 0.3) is 5.91 Å². The van der Waals surface area contributed by atoms with Crippen molar-refractivity contribution in [3.8, 4) is 0 Å². The molecule has 1 aromatic rings. The Morgan fingerprint density at radius 3 is 2.89 bits per heavy atom. The third-order valence-corrected chi connectivity index (χ3v) is 4.16. The van der Waals surface area contributed by atoms with Crippen molar-refractivity contribution in [2.75, 3.05) is 31.7 Å². The number of hydrogen-bond donors (Lipinski definition) is 2. The molecule has 1 atom stereocenters. The van der Waals surface area contributed by atoms with E-state index in [1.807, 2.05) is 20.2 Å². The van der Waals surface area contributed by atoms with Crippen molar-refractivity contribution in [3.63, 3.8) is 0 Å². The highest BCUT2D eigenvalue weighted by molar-refractivity contribution is 7.99. The number of nitrogens with one attached hydrogen (secondary N) is 1. The largest absolute Gasteiger partial charge is 0.378 e. The minimum Gasteiger partial charge on any atom is -0.378 e. The normalized spacial score (nSPS) is 18.1. The van der Waals surface area contributed by atoms with Crippen LogP contribution in [0.2, 0.25) is 5.02 Å². The van der Waals surface area contributed by atoms with E-state index in [9.17, 15) is 9.90 Å². The first-order valence-corrected chi connectivity index (χ1v) is 6.95. The number of anilines is 1. The molecule has 0 aliphatic carbocycles. The van der Waals surface area contributed by atoms with Crippen molar-refractivity contribution in [2.24, 2.45) is 0 Å². The van der Waals surface area contributed by atoms with Crippen LogP contribution >= 0.6 is 23.4 Å². The third kappa shape index (κ3) is 2.80. The maximum Gasteiger partial charge on any atom is 0.257 e. The van der Waals surface area contributed by atoms with Crippen molar-refractivity contribution in [2.45, 2.75) is 11.0 Å².